The molecule has 1 atom stereocenters. The first-order valence-electron chi connectivity index (χ1n) is 7.37. The van der Waals surface area contributed by atoms with E-state index in [4.69, 9.17) is 26.3 Å². The Labute approximate surface area is 149 Å². The Kier molecular flexibility index (Phi) is 6.38. The van der Waals surface area contributed by atoms with Crippen molar-refractivity contribution in [2.24, 2.45) is 0 Å². The summed E-state index contributed by atoms with van der Waals surface area (Å²) in [6, 6.07) is 14.9. The monoisotopic (exact) mass is 358 g/mol. The van der Waals surface area contributed by atoms with Crippen molar-refractivity contribution in [1.82, 2.24) is 0 Å². The Morgan fingerprint density at radius 3 is 2.60 bits per heavy atom. The largest absolute Gasteiger partial charge is 0.479 e. The molecule has 0 aliphatic heterocycles. The number of anilines is 1. The second kappa shape index (κ2) is 8.71. The summed E-state index contributed by atoms with van der Waals surface area (Å²) >= 11 is 5.82. The number of carbonyl (C=O) groups is 2. The van der Waals surface area contributed by atoms with Crippen molar-refractivity contribution in [3.8, 4) is 11.8 Å². The molecule has 0 bridgehead atoms. The third-order valence-electron chi connectivity index (χ3n) is 3.08. The normalized spacial score (nSPS) is 11.1. The van der Waals surface area contributed by atoms with E-state index in [1.165, 1.54) is 6.92 Å². The van der Waals surface area contributed by atoms with E-state index in [1.54, 1.807) is 48.5 Å². The SMILES string of the molecule is C[C@H](Oc1ccc(C#N)cc1)C(=O)OCC(=O)Nc1cccc(Cl)c1. The fourth-order valence-corrected chi connectivity index (χ4v) is 2.07. The lowest BCUT2D eigenvalue weighted by Gasteiger charge is -2.14. The number of nitrogens with zero attached hydrogens (tertiary/aromatic N) is 1. The maximum atomic E-state index is 11.9. The first-order chi connectivity index (χ1) is 12.0. The van der Waals surface area contributed by atoms with Crippen molar-refractivity contribution in [1.29, 1.82) is 5.26 Å². The molecule has 2 aromatic rings. The van der Waals surface area contributed by atoms with E-state index in [2.05, 4.69) is 5.32 Å². The number of amides is 1. The highest BCUT2D eigenvalue weighted by atomic mass is 35.5. The summed E-state index contributed by atoms with van der Waals surface area (Å²) in [5.41, 5.74) is 0.996. The molecule has 128 valence electrons. The average Bonchev–Trinajstić information content (AvgIpc) is 2.60. The van der Waals surface area contributed by atoms with E-state index in [0.717, 1.165) is 0 Å². The van der Waals surface area contributed by atoms with Crippen molar-refractivity contribution in [3.05, 3.63) is 59.1 Å². The molecule has 0 saturated heterocycles. The van der Waals surface area contributed by atoms with E-state index in [-0.39, 0.29) is 0 Å². The molecule has 1 N–H and O–H groups in total. The highest BCUT2D eigenvalue weighted by Crippen LogP contribution is 2.15. The maximum absolute atomic E-state index is 11.9. The van der Waals surface area contributed by atoms with Crippen LogP contribution >= 0.6 is 11.6 Å². The van der Waals surface area contributed by atoms with Gasteiger partial charge in [0.15, 0.2) is 12.7 Å². The summed E-state index contributed by atoms with van der Waals surface area (Å²) in [5, 5.41) is 11.8. The van der Waals surface area contributed by atoms with E-state index in [0.29, 0.717) is 22.0 Å². The summed E-state index contributed by atoms with van der Waals surface area (Å²) in [7, 11) is 0. The standard InChI is InChI=1S/C18H15ClN2O4/c1-12(25-16-7-5-13(10-20)6-8-16)18(23)24-11-17(22)21-15-4-2-3-14(19)9-15/h2-9,12H,11H2,1H3,(H,21,22)/t12-/m0/s1. The summed E-state index contributed by atoms with van der Waals surface area (Å²) < 4.78 is 10.3. The fourth-order valence-electron chi connectivity index (χ4n) is 1.88. The van der Waals surface area contributed by atoms with Crippen LogP contribution in [0.4, 0.5) is 5.69 Å². The third-order valence-corrected chi connectivity index (χ3v) is 3.32. The summed E-state index contributed by atoms with van der Waals surface area (Å²) in [5.74, 6) is -0.737. The molecule has 25 heavy (non-hydrogen) atoms. The number of benzene rings is 2. The van der Waals surface area contributed by atoms with E-state index < -0.39 is 24.6 Å². The van der Waals surface area contributed by atoms with Crippen LogP contribution in [0.3, 0.4) is 0 Å². The van der Waals surface area contributed by atoms with Crippen LogP contribution in [-0.2, 0) is 14.3 Å². The van der Waals surface area contributed by atoms with Crippen LogP contribution in [0.5, 0.6) is 5.75 Å². The number of rotatable bonds is 6. The van der Waals surface area contributed by atoms with Crippen LogP contribution in [0.25, 0.3) is 0 Å². The molecule has 1 amide bonds. The molecular weight excluding hydrogens is 344 g/mol. The van der Waals surface area contributed by atoms with Crippen molar-refractivity contribution < 1.29 is 19.1 Å². The zero-order valence-corrected chi connectivity index (χ0v) is 14.1. The van der Waals surface area contributed by atoms with Gasteiger partial charge in [-0.2, -0.15) is 5.26 Å². The minimum Gasteiger partial charge on any atom is -0.479 e. The minimum absolute atomic E-state index is 0.423. The highest BCUT2D eigenvalue weighted by Gasteiger charge is 2.18. The second-order valence-corrected chi connectivity index (χ2v) is 5.50. The van der Waals surface area contributed by atoms with E-state index in [1.807, 2.05) is 6.07 Å². The molecule has 0 aromatic heterocycles. The molecule has 0 heterocycles. The van der Waals surface area contributed by atoms with Crippen molar-refractivity contribution in [3.63, 3.8) is 0 Å². The Hall–Kier alpha value is -3.04. The number of hydrogen-bond acceptors (Lipinski definition) is 5. The smallest absolute Gasteiger partial charge is 0.347 e. The fraction of sp³-hybridized carbons (Fsp3) is 0.167. The molecule has 6 nitrogen and oxygen atoms in total. The zero-order chi connectivity index (χ0) is 18.2. The molecule has 0 radical (unpaired) electrons. The number of esters is 1. The van der Waals surface area contributed by atoms with Gasteiger partial charge in [-0.15, -0.1) is 0 Å². The van der Waals surface area contributed by atoms with Gasteiger partial charge in [-0.05, 0) is 49.4 Å². The van der Waals surface area contributed by atoms with Gasteiger partial charge in [0.25, 0.3) is 5.91 Å². The topological polar surface area (TPSA) is 88.4 Å². The molecule has 0 aliphatic rings. The summed E-state index contributed by atoms with van der Waals surface area (Å²) in [4.78, 5) is 23.7. The van der Waals surface area contributed by atoms with Gasteiger partial charge < -0.3 is 14.8 Å². The van der Waals surface area contributed by atoms with Gasteiger partial charge in [-0.25, -0.2) is 4.79 Å². The first-order valence-corrected chi connectivity index (χ1v) is 7.74. The first kappa shape index (κ1) is 18.3. The van der Waals surface area contributed by atoms with Crippen molar-refractivity contribution in [2.75, 3.05) is 11.9 Å². The molecule has 0 fully saturated rings. The van der Waals surface area contributed by atoms with Crippen LogP contribution in [0.2, 0.25) is 5.02 Å². The van der Waals surface area contributed by atoms with E-state index >= 15 is 0 Å². The molecule has 0 saturated carbocycles. The number of halogens is 1. The maximum Gasteiger partial charge on any atom is 0.347 e. The number of nitrogens with one attached hydrogen (secondary N) is 1. The lowest BCUT2D eigenvalue weighted by molar-refractivity contribution is -0.153. The van der Waals surface area contributed by atoms with Gasteiger partial charge in [-0.3, -0.25) is 4.79 Å². The molecule has 2 aromatic carbocycles. The second-order valence-electron chi connectivity index (χ2n) is 5.06. The average molecular weight is 359 g/mol. The molecule has 0 spiro atoms. The van der Waals surface area contributed by atoms with Gasteiger partial charge in [0.05, 0.1) is 11.6 Å². The number of carbonyl (C=O) groups excluding carboxylic acids is 2. The Morgan fingerprint density at radius 1 is 1.24 bits per heavy atom. The molecule has 0 unspecified atom stereocenters. The van der Waals surface area contributed by atoms with Crippen LogP contribution in [-0.4, -0.2) is 24.6 Å². The molecule has 2 rings (SSSR count). The zero-order valence-electron chi connectivity index (χ0n) is 13.4. The Bertz CT molecular complexity index is 799. The van der Waals surface area contributed by atoms with Gasteiger partial charge >= 0.3 is 5.97 Å². The van der Waals surface area contributed by atoms with E-state index in [9.17, 15) is 9.59 Å². The van der Waals surface area contributed by atoms with Gasteiger partial charge in [0, 0.05) is 10.7 Å². The van der Waals surface area contributed by atoms with Gasteiger partial charge in [-0.1, -0.05) is 17.7 Å². The predicted octanol–water partition coefficient (Wildman–Crippen LogP) is 3.16. The Morgan fingerprint density at radius 2 is 1.96 bits per heavy atom. The van der Waals surface area contributed by atoms with Crippen molar-refractivity contribution in [2.45, 2.75) is 13.0 Å². The minimum atomic E-state index is -0.896. The van der Waals surface area contributed by atoms with Crippen molar-refractivity contribution >= 4 is 29.2 Å². The quantitative estimate of drug-likeness (QED) is 0.801. The van der Waals surface area contributed by atoms with Gasteiger partial charge in [0.2, 0.25) is 0 Å². The van der Waals surface area contributed by atoms with Crippen LogP contribution in [0, 0.1) is 11.3 Å². The molecule has 7 heteroatoms. The molecular formula is C18H15ClN2O4. The highest BCUT2D eigenvalue weighted by molar-refractivity contribution is 6.30. The van der Waals surface area contributed by atoms with Crippen LogP contribution in [0.1, 0.15) is 12.5 Å². The third kappa shape index (κ3) is 5.83. The predicted molar refractivity (Wildman–Crippen MR) is 92.3 cm³/mol. The number of ether oxygens (including phenoxy) is 2. The lowest BCUT2D eigenvalue weighted by Crippen LogP contribution is -2.29. The summed E-state index contributed by atoms with van der Waals surface area (Å²) in [6.45, 7) is 1.07. The number of hydrogen-bond donors (Lipinski definition) is 1. The molecule has 0 aliphatic carbocycles. The summed E-state index contributed by atoms with van der Waals surface area (Å²) in [6.07, 6.45) is -0.896. The number of nitriles is 1. The van der Waals surface area contributed by atoms with Crippen LogP contribution in [0.15, 0.2) is 48.5 Å². The van der Waals surface area contributed by atoms with Gasteiger partial charge in [0.1, 0.15) is 5.75 Å². The Balaban J connectivity index is 1.80. The van der Waals surface area contributed by atoms with Crippen LogP contribution < -0.4 is 10.1 Å². The lowest BCUT2D eigenvalue weighted by atomic mass is 10.2.